The summed E-state index contributed by atoms with van der Waals surface area (Å²) >= 11 is 0. The number of hydrogen-bond acceptors (Lipinski definition) is 6. The first kappa shape index (κ1) is 19.0. The molecule has 3 rings (SSSR count). The lowest BCUT2D eigenvalue weighted by molar-refractivity contribution is 0.220. The molecule has 0 radical (unpaired) electrons. The number of nitrogens with zero attached hydrogens (tertiary/aromatic N) is 3. The van der Waals surface area contributed by atoms with Gasteiger partial charge in [-0.1, -0.05) is 18.6 Å². The quantitative estimate of drug-likeness (QED) is 0.657. The van der Waals surface area contributed by atoms with Gasteiger partial charge in [-0.15, -0.1) is 0 Å². The van der Waals surface area contributed by atoms with Crippen LogP contribution >= 0.6 is 0 Å². The molecular formula is C20H32N4O2. The van der Waals surface area contributed by atoms with E-state index in [4.69, 9.17) is 9.84 Å². The van der Waals surface area contributed by atoms with Crippen molar-refractivity contribution in [3.05, 3.63) is 29.8 Å². The van der Waals surface area contributed by atoms with Crippen LogP contribution in [0.15, 0.2) is 29.3 Å². The van der Waals surface area contributed by atoms with Gasteiger partial charge in [0.15, 0.2) is 5.96 Å². The average molecular weight is 361 g/mol. The minimum atomic E-state index is 0.164. The summed E-state index contributed by atoms with van der Waals surface area (Å²) in [5.74, 6) is 1.86. The van der Waals surface area contributed by atoms with Crippen LogP contribution in [-0.2, 0) is 6.54 Å². The Labute approximate surface area is 156 Å². The smallest absolute Gasteiger partial charge is 0.194 e. The highest BCUT2D eigenvalue weighted by Crippen LogP contribution is 2.17. The maximum absolute atomic E-state index is 9.06. The van der Waals surface area contributed by atoms with Gasteiger partial charge < -0.3 is 20.1 Å². The van der Waals surface area contributed by atoms with Crippen molar-refractivity contribution in [2.24, 2.45) is 4.99 Å². The van der Waals surface area contributed by atoms with Gasteiger partial charge in [-0.25, -0.2) is 0 Å². The molecule has 6 nitrogen and oxygen atoms in total. The van der Waals surface area contributed by atoms with E-state index in [1.165, 1.54) is 37.9 Å². The minimum absolute atomic E-state index is 0.164. The lowest BCUT2D eigenvalue weighted by Crippen LogP contribution is -2.40. The molecule has 6 heteroatoms. The van der Waals surface area contributed by atoms with Crippen LogP contribution < -0.4 is 10.1 Å². The second kappa shape index (κ2) is 10.4. The van der Waals surface area contributed by atoms with Gasteiger partial charge in [-0.05, 0) is 50.0 Å². The number of aliphatic hydroxyl groups excluding tert-OH is 1. The zero-order valence-electron chi connectivity index (χ0n) is 15.7. The topological polar surface area (TPSA) is 60.3 Å². The van der Waals surface area contributed by atoms with Crippen molar-refractivity contribution in [3.8, 4) is 5.75 Å². The number of guanidine groups is 1. The molecule has 1 saturated heterocycles. The maximum atomic E-state index is 9.06. The van der Waals surface area contributed by atoms with Gasteiger partial charge in [-0.3, -0.25) is 9.89 Å². The number of piperidine rings is 1. The van der Waals surface area contributed by atoms with Crippen molar-refractivity contribution >= 4 is 5.96 Å². The largest absolute Gasteiger partial charge is 0.494 e. The molecule has 144 valence electrons. The van der Waals surface area contributed by atoms with Gasteiger partial charge in [0.2, 0.25) is 0 Å². The number of aliphatic hydroxyl groups is 1. The Morgan fingerprint density at radius 2 is 2.04 bits per heavy atom. The highest BCUT2D eigenvalue weighted by atomic mass is 16.5. The molecule has 0 unspecified atom stereocenters. The van der Waals surface area contributed by atoms with E-state index >= 15 is 0 Å². The van der Waals surface area contributed by atoms with Gasteiger partial charge in [0.25, 0.3) is 0 Å². The molecule has 2 aliphatic rings. The molecule has 1 aromatic rings. The number of benzene rings is 1. The highest BCUT2D eigenvalue weighted by Gasteiger charge is 2.15. The van der Waals surface area contributed by atoms with E-state index in [9.17, 15) is 0 Å². The molecule has 26 heavy (non-hydrogen) atoms. The van der Waals surface area contributed by atoms with Crippen LogP contribution in [-0.4, -0.2) is 73.3 Å². The first-order chi connectivity index (χ1) is 12.8. The van der Waals surface area contributed by atoms with Crippen LogP contribution in [0.2, 0.25) is 0 Å². The van der Waals surface area contributed by atoms with E-state index in [1.807, 2.05) is 6.07 Å². The summed E-state index contributed by atoms with van der Waals surface area (Å²) in [4.78, 5) is 9.06. The Kier molecular flexibility index (Phi) is 7.58. The van der Waals surface area contributed by atoms with E-state index in [-0.39, 0.29) is 6.61 Å². The molecule has 0 bridgehead atoms. The summed E-state index contributed by atoms with van der Waals surface area (Å²) in [5.41, 5.74) is 1.34. The monoisotopic (exact) mass is 360 g/mol. The average Bonchev–Trinajstić information content (AvgIpc) is 3.10. The highest BCUT2D eigenvalue weighted by molar-refractivity contribution is 5.81. The second-order valence-corrected chi connectivity index (χ2v) is 7.03. The fourth-order valence-corrected chi connectivity index (χ4v) is 3.56. The van der Waals surface area contributed by atoms with Gasteiger partial charge in [-0.2, -0.15) is 0 Å². The van der Waals surface area contributed by atoms with Crippen molar-refractivity contribution in [1.29, 1.82) is 0 Å². The van der Waals surface area contributed by atoms with E-state index < -0.39 is 0 Å². The van der Waals surface area contributed by atoms with Crippen molar-refractivity contribution in [3.63, 3.8) is 0 Å². The molecule has 2 N–H and O–H groups in total. The van der Waals surface area contributed by atoms with E-state index in [0.29, 0.717) is 13.2 Å². The van der Waals surface area contributed by atoms with Gasteiger partial charge >= 0.3 is 0 Å². The van der Waals surface area contributed by atoms with Crippen LogP contribution in [0.1, 0.15) is 31.2 Å². The number of nitrogens with one attached hydrogen (secondary N) is 1. The molecule has 0 atom stereocenters. The first-order valence-electron chi connectivity index (χ1n) is 9.93. The van der Waals surface area contributed by atoms with Gasteiger partial charge in [0.1, 0.15) is 5.75 Å². The fraction of sp³-hybridized carbons (Fsp3) is 0.650. The lowest BCUT2D eigenvalue weighted by Gasteiger charge is -2.26. The predicted octanol–water partition coefficient (Wildman–Crippen LogP) is 1.69. The predicted molar refractivity (Wildman–Crippen MR) is 105 cm³/mol. The molecule has 0 aliphatic carbocycles. The van der Waals surface area contributed by atoms with Crippen LogP contribution in [0.3, 0.4) is 0 Å². The molecule has 1 aromatic carbocycles. The molecule has 0 aromatic heterocycles. The number of rotatable bonds is 9. The van der Waals surface area contributed by atoms with Gasteiger partial charge in [0, 0.05) is 26.2 Å². The lowest BCUT2D eigenvalue weighted by atomic mass is 10.1. The van der Waals surface area contributed by atoms with Crippen molar-refractivity contribution in [2.45, 2.75) is 32.2 Å². The molecule has 0 saturated carbocycles. The van der Waals surface area contributed by atoms with Gasteiger partial charge in [0.05, 0.1) is 19.8 Å². The van der Waals surface area contributed by atoms with E-state index in [1.54, 1.807) is 0 Å². The third-order valence-electron chi connectivity index (χ3n) is 4.93. The maximum Gasteiger partial charge on any atom is 0.194 e. The number of β-amino-alcohol motifs (C(OH)–C–C–N with tert-alkyl or cyclic N) is 1. The molecule has 1 fully saturated rings. The third kappa shape index (κ3) is 5.88. The molecule has 0 spiro atoms. The third-order valence-corrected chi connectivity index (χ3v) is 4.93. The molecule has 2 heterocycles. The summed E-state index contributed by atoms with van der Waals surface area (Å²) in [6, 6.07) is 8.49. The Morgan fingerprint density at radius 1 is 1.15 bits per heavy atom. The van der Waals surface area contributed by atoms with Crippen molar-refractivity contribution in [2.75, 3.05) is 52.5 Å². The first-order valence-corrected chi connectivity index (χ1v) is 9.93. The summed E-state index contributed by atoms with van der Waals surface area (Å²) in [7, 11) is 0. The van der Waals surface area contributed by atoms with Crippen LogP contribution in [0, 0.1) is 0 Å². The molecule has 0 amide bonds. The Hall–Kier alpha value is -1.79. The number of likely N-dealkylation sites (tertiary alicyclic amines) is 1. The molecular weight excluding hydrogens is 328 g/mol. The van der Waals surface area contributed by atoms with Crippen LogP contribution in [0.4, 0.5) is 0 Å². The number of hydrogen-bond donors (Lipinski definition) is 2. The second-order valence-electron chi connectivity index (χ2n) is 7.03. The molecule has 2 aliphatic heterocycles. The fourth-order valence-electron chi connectivity index (χ4n) is 3.56. The SMILES string of the molecule is OCCN1CCN=C1NCCCOc1cccc(CN2CCCCC2)c1. The van der Waals surface area contributed by atoms with E-state index in [0.717, 1.165) is 44.3 Å². The normalized spacial score (nSPS) is 18.0. The zero-order chi connectivity index (χ0) is 18.0. The Bertz CT molecular complexity index is 573. The summed E-state index contributed by atoms with van der Waals surface area (Å²) in [5, 5.41) is 12.4. The Balaban J connectivity index is 1.35. The summed E-state index contributed by atoms with van der Waals surface area (Å²) < 4.78 is 5.92. The van der Waals surface area contributed by atoms with E-state index in [2.05, 4.69) is 38.3 Å². The van der Waals surface area contributed by atoms with Crippen LogP contribution in [0.25, 0.3) is 0 Å². The number of aliphatic imine (C=N–C) groups is 1. The number of ether oxygens (including phenoxy) is 1. The summed E-state index contributed by atoms with van der Waals surface area (Å²) in [6.07, 6.45) is 4.94. The van der Waals surface area contributed by atoms with Crippen molar-refractivity contribution in [1.82, 2.24) is 15.1 Å². The minimum Gasteiger partial charge on any atom is -0.494 e. The Morgan fingerprint density at radius 3 is 2.88 bits per heavy atom. The van der Waals surface area contributed by atoms with Crippen molar-refractivity contribution < 1.29 is 9.84 Å². The zero-order valence-corrected chi connectivity index (χ0v) is 15.7. The standard InChI is InChI=1S/C20H32N4O2/c25-14-13-24-12-9-22-20(24)21-8-5-15-26-19-7-4-6-18(16-19)17-23-10-2-1-3-11-23/h4,6-7,16,25H,1-3,5,8-15,17H2,(H,21,22). The summed E-state index contributed by atoms with van der Waals surface area (Å²) in [6.45, 7) is 7.48. The van der Waals surface area contributed by atoms with Crippen LogP contribution in [0.5, 0.6) is 5.75 Å².